The van der Waals surface area contributed by atoms with Gasteiger partial charge in [0, 0.05) is 22.9 Å². The number of methoxy groups -OCH3 is 1. The van der Waals surface area contributed by atoms with Gasteiger partial charge in [-0.2, -0.15) is 0 Å². The third-order valence-electron chi connectivity index (χ3n) is 6.90. The SMILES string of the molecule is COc1ccc2c(c1)C13CCCC4(C1)C3C(C2)N4C. The fraction of sp³-hybridized carbons (Fsp3) is 0.647. The lowest BCUT2D eigenvalue weighted by Crippen LogP contribution is -2.88. The maximum absolute atomic E-state index is 5.47. The molecule has 0 amide bonds. The van der Waals surface area contributed by atoms with Gasteiger partial charge < -0.3 is 4.74 Å². The Hall–Kier alpha value is -1.02. The minimum absolute atomic E-state index is 0.511. The van der Waals surface area contributed by atoms with E-state index in [-0.39, 0.29) is 0 Å². The Balaban J connectivity index is 1.70. The highest BCUT2D eigenvalue weighted by molar-refractivity contribution is 5.52. The predicted octanol–water partition coefficient (Wildman–Crippen LogP) is 2.75. The Morgan fingerprint density at radius 2 is 2.21 bits per heavy atom. The van der Waals surface area contributed by atoms with Gasteiger partial charge in [0.25, 0.3) is 0 Å². The molecule has 19 heavy (non-hydrogen) atoms. The predicted molar refractivity (Wildman–Crippen MR) is 74.6 cm³/mol. The summed E-state index contributed by atoms with van der Waals surface area (Å²) in [5.41, 5.74) is 4.32. The molecule has 1 saturated heterocycles. The molecule has 0 aromatic heterocycles. The third kappa shape index (κ3) is 0.931. The standard InChI is InChI=1S/C17H21NO/c1-18-14-8-11-4-5-12(19-2)9-13(11)16-6-3-7-17(18,10-16)15(14)16/h4-5,9,14-15H,3,6-8,10H2,1-2H3. The lowest BCUT2D eigenvalue weighted by molar-refractivity contribution is -0.275. The summed E-state index contributed by atoms with van der Waals surface area (Å²) in [7, 11) is 4.15. The summed E-state index contributed by atoms with van der Waals surface area (Å²) in [6, 6.07) is 7.62. The highest BCUT2D eigenvalue weighted by Crippen LogP contribution is 2.75. The number of benzene rings is 1. The largest absolute Gasteiger partial charge is 0.497 e. The molecule has 2 nitrogen and oxygen atoms in total. The number of fused-ring (bicyclic) bond motifs is 1. The summed E-state index contributed by atoms with van der Waals surface area (Å²) in [6.07, 6.45) is 6.90. The Morgan fingerprint density at radius 3 is 3.05 bits per heavy atom. The van der Waals surface area contributed by atoms with Gasteiger partial charge in [-0.05, 0) is 56.0 Å². The van der Waals surface area contributed by atoms with Crippen LogP contribution in [0.25, 0.3) is 0 Å². The molecule has 2 heteroatoms. The number of hydrogen-bond acceptors (Lipinski definition) is 2. The molecule has 1 aromatic rings. The van der Waals surface area contributed by atoms with E-state index in [0.717, 1.165) is 17.7 Å². The Bertz CT molecular complexity index is 583. The maximum Gasteiger partial charge on any atom is 0.119 e. The van der Waals surface area contributed by atoms with Crippen molar-refractivity contribution >= 4 is 0 Å². The summed E-state index contributed by atoms with van der Waals surface area (Å²) >= 11 is 0. The van der Waals surface area contributed by atoms with Crippen molar-refractivity contribution in [2.45, 2.75) is 49.1 Å². The molecule has 0 N–H and O–H groups in total. The summed E-state index contributed by atoms with van der Waals surface area (Å²) in [4.78, 5) is 2.71. The Labute approximate surface area is 114 Å². The first-order chi connectivity index (χ1) is 9.21. The lowest BCUT2D eigenvalue weighted by atomic mass is 9.32. The third-order valence-corrected chi connectivity index (χ3v) is 6.90. The van der Waals surface area contributed by atoms with Crippen LogP contribution in [0, 0.1) is 5.92 Å². The van der Waals surface area contributed by atoms with Crippen LogP contribution < -0.4 is 4.74 Å². The minimum Gasteiger partial charge on any atom is -0.497 e. The van der Waals surface area contributed by atoms with Gasteiger partial charge in [0.15, 0.2) is 0 Å². The van der Waals surface area contributed by atoms with Crippen molar-refractivity contribution in [2.24, 2.45) is 5.92 Å². The highest BCUT2D eigenvalue weighted by atomic mass is 16.5. The van der Waals surface area contributed by atoms with E-state index in [1.54, 1.807) is 18.2 Å². The molecular weight excluding hydrogens is 234 g/mol. The number of nitrogens with zero attached hydrogens (tertiary/aromatic N) is 1. The van der Waals surface area contributed by atoms with Gasteiger partial charge in [0.05, 0.1) is 7.11 Å². The quantitative estimate of drug-likeness (QED) is 0.765. The second-order valence-electron chi connectivity index (χ2n) is 7.17. The van der Waals surface area contributed by atoms with Crippen LogP contribution in [-0.2, 0) is 11.8 Å². The van der Waals surface area contributed by atoms with Crippen molar-refractivity contribution in [1.82, 2.24) is 4.90 Å². The number of likely N-dealkylation sites (tertiary alicyclic amines) is 1. The van der Waals surface area contributed by atoms with Gasteiger partial charge in [-0.3, -0.25) is 4.90 Å². The average molecular weight is 255 g/mol. The average Bonchev–Trinajstić information content (AvgIpc) is 2.45. The van der Waals surface area contributed by atoms with E-state index in [1.165, 1.54) is 32.1 Å². The first kappa shape index (κ1) is 10.7. The van der Waals surface area contributed by atoms with E-state index in [4.69, 9.17) is 4.74 Å². The van der Waals surface area contributed by atoms with E-state index >= 15 is 0 Å². The van der Waals surface area contributed by atoms with E-state index in [9.17, 15) is 0 Å². The molecule has 4 atom stereocenters. The van der Waals surface area contributed by atoms with Gasteiger partial charge in [0.2, 0.25) is 0 Å². The first-order valence-corrected chi connectivity index (χ1v) is 7.62. The first-order valence-electron chi connectivity index (χ1n) is 7.62. The van der Waals surface area contributed by atoms with Crippen LogP contribution in [0.3, 0.4) is 0 Å². The maximum atomic E-state index is 5.47. The zero-order chi connectivity index (χ0) is 12.8. The number of likely N-dealkylation sites (N-methyl/N-ethyl adjacent to an activating group) is 1. The second-order valence-corrected chi connectivity index (χ2v) is 7.17. The number of piperidine rings is 1. The van der Waals surface area contributed by atoms with E-state index in [0.29, 0.717) is 11.0 Å². The summed E-state index contributed by atoms with van der Waals surface area (Å²) < 4.78 is 5.47. The summed E-state index contributed by atoms with van der Waals surface area (Å²) in [6.45, 7) is 0. The number of hydrogen-bond donors (Lipinski definition) is 0. The van der Waals surface area contributed by atoms with Crippen LogP contribution in [0.4, 0.5) is 0 Å². The fourth-order valence-electron chi connectivity index (χ4n) is 6.27. The van der Waals surface area contributed by atoms with Crippen molar-refractivity contribution in [3.8, 4) is 5.75 Å². The highest BCUT2D eigenvalue weighted by Gasteiger charge is 2.78. The van der Waals surface area contributed by atoms with Crippen molar-refractivity contribution in [2.75, 3.05) is 14.2 Å². The topological polar surface area (TPSA) is 12.5 Å². The van der Waals surface area contributed by atoms with Crippen LogP contribution in [0.15, 0.2) is 18.2 Å². The van der Waals surface area contributed by atoms with Crippen LogP contribution in [-0.4, -0.2) is 30.6 Å². The second kappa shape index (κ2) is 3.01. The van der Waals surface area contributed by atoms with Crippen LogP contribution in [0.1, 0.15) is 36.8 Å². The number of rotatable bonds is 1. The number of ether oxygens (including phenoxy) is 1. The van der Waals surface area contributed by atoms with Crippen molar-refractivity contribution in [3.05, 3.63) is 29.3 Å². The zero-order valence-electron chi connectivity index (χ0n) is 11.8. The van der Waals surface area contributed by atoms with Crippen molar-refractivity contribution in [3.63, 3.8) is 0 Å². The van der Waals surface area contributed by atoms with Gasteiger partial charge in [-0.15, -0.1) is 0 Å². The molecule has 3 aliphatic carbocycles. The molecular formula is C17H21NO. The summed E-state index contributed by atoms with van der Waals surface area (Å²) in [5, 5.41) is 0. The van der Waals surface area contributed by atoms with Gasteiger partial charge in [-0.25, -0.2) is 0 Å². The Kier molecular flexibility index (Phi) is 1.70. The molecule has 2 bridgehead atoms. The van der Waals surface area contributed by atoms with Crippen LogP contribution >= 0.6 is 0 Å². The molecule has 1 aromatic carbocycles. The van der Waals surface area contributed by atoms with Gasteiger partial charge in [-0.1, -0.05) is 12.5 Å². The summed E-state index contributed by atoms with van der Waals surface area (Å²) in [5.74, 6) is 1.99. The molecule has 3 fully saturated rings. The van der Waals surface area contributed by atoms with Crippen LogP contribution in [0.5, 0.6) is 5.75 Å². The fourth-order valence-corrected chi connectivity index (χ4v) is 6.27. The lowest BCUT2D eigenvalue weighted by Gasteiger charge is -2.82. The molecule has 100 valence electrons. The van der Waals surface area contributed by atoms with E-state index < -0.39 is 0 Å². The van der Waals surface area contributed by atoms with Crippen molar-refractivity contribution in [1.29, 1.82) is 0 Å². The monoisotopic (exact) mass is 255 g/mol. The molecule has 0 radical (unpaired) electrons. The zero-order valence-corrected chi connectivity index (χ0v) is 11.8. The molecule has 2 spiro atoms. The van der Waals surface area contributed by atoms with Gasteiger partial charge >= 0.3 is 0 Å². The molecule has 4 aliphatic rings. The minimum atomic E-state index is 0.511. The van der Waals surface area contributed by atoms with E-state index in [2.05, 4.69) is 30.1 Å². The molecule has 4 unspecified atom stereocenters. The van der Waals surface area contributed by atoms with Crippen molar-refractivity contribution < 1.29 is 4.74 Å². The smallest absolute Gasteiger partial charge is 0.119 e. The van der Waals surface area contributed by atoms with Crippen LogP contribution in [0.2, 0.25) is 0 Å². The molecule has 5 rings (SSSR count). The van der Waals surface area contributed by atoms with E-state index in [1.807, 2.05) is 0 Å². The Morgan fingerprint density at radius 1 is 1.32 bits per heavy atom. The normalized spacial score (nSPS) is 45.6. The molecule has 1 heterocycles. The van der Waals surface area contributed by atoms with Gasteiger partial charge in [0.1, 0.15) is 5.75 Å². The molecule has 1 aliphatic heterocycles. The molecule has 2 saturated carbocycles.